The number of hydrogen-bond acceptors (Lipinski definition) is 4. The summed E-state index contributed by atoms with van der Waals surface area (Å²) in [6.45, 7) is 4.70. The molecule has 1 aromatic heterocycles. The highest BCUT2D eigenvalue weighted by Crippen LogP contribution is 2.27. The van der Waals surface area contributed by atoms with Crippen molar-refractivity contribution in [3.05, 3.63) is 35.6 Å². The molecule has 0 spiro atoms. The van der Waals surface area contributed by atoms with Crippen molar-refractivity contribution < 1.29 is 9.21 Å². The lowest BCUT2D eigenvalue weighted by molar-refractivity contribution is 0.0887. The van der Waals surface area contributed by atoms with Crippen molar-refractivity contribution in [1.82, 2.24) is 15.5 Å². The van der Waals surface area contributed by atoms with Gasteiger partial charge in [-0.15, -0.1) is 24.8 Å². The summed E-state index contributed by atoms with van der Waals surface area (Å²) in [5, 5.41) is 7.50. The van der Waals surface area contributed by atoms with Gasteiger partial charge in [0.1, 0.15) is 5.58 Å². The number of piperidine rings is 1. The molecule has 1 aromatic carbocycles. The van der Waals surface area contributed by atoms with Gasteiger partial charge in [-0.1, -0.05) is 25.1 Å². The molecule has 0 radical (unpaired) electrons. The van der Waals surface area contributed by atoms with Crippen LogP contribution in [0.15, 0.2) is 28.7 Å². The number of rotatable bonds is 4. The van der Waals surface area contributed by atoms with Gasteiger partial charge < -0.3 is 20.0 Å². The molecule has 1 aliphatic rings. The Kier molecular flexibility index (Phi) is 8.22. The van der Waals surface area contributed by atoms with Crippen LogP contribution in [0.3, 0.4) is 0 Å². The molecule has 0 saturated carbocycles. The minimum absolute atomic E-state index is 0. The normalized spacial score (nSPS) is 20.0. The third kappa shape index (κ3) is 4.88. The quantitative estimate of drug-likeness (QED) is 0.845. The average Bonchev–Trinajstić information content (AvgIpc) is 2.88. The predicted octanol–water partition coefficient (Wildman–Crippen LogP) is 3.07. The molecule has 2 N–H and O–H groups in total. The first-order valence-corrected chi connectivity index (χ1v) is 8.23. The molecule has 7 heteroatoms. The molecule has 1 fully saturated rings. The van der Waals surface area contributed by atoms with Gasteiger partial charge >= 0.3 is 0 Å². The number of fused-ring (bicyclic) bond motifs is 1. The van der Waals surface area contributed by atoms with E-state index in [2.05, 4.69) is 22.5 Å². The molecule has 2 heterocycles. The number of benzene rings is 1. The van der Waals surface area contributed by atoms with Crippen LogP contribution in [-0.2, 0) is 6.54 Å². The summed E-state index contributed by atoms with van der Waals surface area (Å²) in [4.78, 5) is 14.8. The van der Waals surface area contributed by atoms with E-state index in [0.29, 0.717) is 18.2 Å². The lowest BCUT2D eigenvalue weighted by Gasteiger charge is -2.30. The van der Waals surface area contributed by atoms with Gasteiger partial charge in [-0.3, -0.25) is 4.79 Å². The summed E-state index contributed by atoms with van der Waals surface area (Å²) >= 11 is 0. The maximum atomic E-state index is 12.8. The minimum atomic E-state index is -0.112. The highest BCUT2D eigenvalue weighted by Gasteiger charge is 2.27. The van der Waals surface area contributed by atoms with Crippen LogP contribution in [-0.4, -0.2) is 44.0 Å². The van der Waals surface area contributed by atoms with E-state index in [9.17, 15) is 4.79 Å². The molecule has 0 aliphatic carbocycles. The Morgan fingerprint density at radius 2 is 2.04 bits per heavy atom. The molecule has 140 valence electrons. The van der Waals surface area contributed by atoms with E-state index in [1.807, 2.05) is 38.4 Å². The largest absolute Gasteiger partial charge is 0.451 e. The number of nitrogens with one attached hydrogen (secondary N) is 2. The fourth-order valence-electron chi connectivity index (χ4n) is 3.17. The Morgan fingerprint density at radius 3 is 2.72 bits per heavy atom. The van der Waals surface area contributed by atoms with Gasteiger partial charge in [0.15, 0.2) is 5.76 Å². The van der Waals surface area contributed by atoms with Gasteiger partial charge in [0.2, 0.25) is 0 Å². The molecule has 2 aromatic rings. The van der Waals surface area contributed by atoms with Crippen LogP contribution in [0.4, 0.5) is 0 Å². The van der Waals surface area contributed by atoms with Crippen molar-refractivity contribution in [2.45, 2.75) is 25.9 Å². The summed E-state index contributed by atoms with van der Waals surface area (Å²) in [6.07, 6.45) is 1.08. The number of halogens is 2. The molecule has 0 bridgehead atoms. The maximum Gasteiger partial charge on any atom is 0.287 e. The van der Waals surface area contributed by atoms with E-state index < -0.39 is 0 Å². The molecule has 2 unspecified atom stereocenters. The Labute approximate surface area is 161 Å². The molecule has 2 atom stereocenters. The van der Waals surface area contributed by atoms with Crippen LogP contribution in [0.1, 0.15) is 29.5 Å². The van der Waals surface area contributed by atoms with Crippen molar-refractivity contribution in [2.24, 2.45) is 5.92 Å². The van der Waals surface area contributed by atoms with Crippen molar-refractivity contribution in [3.8, 4) is 0 Å². The van der Waals surface area contributed by atoms with Crippen molar-refractivity contribution in [3.63, 3.8) is 0 Å². The van der Waals surface area contributed by atoms with Crippen LogP contribution >= 0.6 is 24.8 Å². The van der Waals surface area contributed by atoms with E-state index in [1.54, 1.807) is 0 Å². The monoisotopic (exact) mass is 387 g/mol. The molecule has 1 amide bonds. The van der Waals surface area contributed by atoms with Crippen molar-refractivity contribution in [2.75, 3.05) is 27.2 Å². The van der Waals surface area contributed by atoms with Crippen LogP contribution in [0.25, 0.3) is 11.0 Å². The lowest BCUT2D eigenvalue weighted by Crippen LogP contribution is -2.50. The van der Waals surface area contributed by atoms with Gasteiger partial charge in [-0.2, -0.15) is 0 Å². The SMILES string of the molecule is CC1CCNCC1NC(=O)c1oc2ccccc2c1CN(C)C.Cl.Cl. The van der Waals surface area contributed by atoms with E-state index in [1.165, 1.54) is 0 Å². The van der Waals surface area contributed by atoms with Crippen molar-refractivity contribution in [1.29, 1.82) is 0 Å². The molecule has 3 rings (SSSR count). The number of furan rings is 1. The van der Waals surface area contributed by atoms with Crippen LogP contribution < -0.4 is 10.6 Å². The number of amides is 1. The van der Waals surface area contributed by atoms with Crippen LogP contribution in [0, 0.1) is 5.92 Å². The van der Waals surface area contributed by atoms with E-state index in [-0.39, 0.29) is 36.8 Å². The molecule has 25 heavy (non-hydrogen) atoms. The number of nitrogens with zero attached hydrogens (tertiary/aromatic N) is 1. The minimum Gasteiger partial charge on any atom is -0.451 e. The Hall–Kier alpha value is -1.27. The first kappa shape index (κ1) is 21.8. The fourth-order valence-corrected chi connectivity index (χ4v) is 3.17. The second kappa shape index (κ2) is 9.43. The summed E-state index contributed by atoms with van der Waals surface area (Å²) in [5.41, 5.74) is 1.73. The highest BCUT2D eigenvalue weighted by atomic mass is 35.5. The maximum absolute atomic E-state index is 12.8. The van der Waals surface area contributed by atoms with Crippen LogP contribution in [0.5, 0.6) is 0 Å². The third-order valence-electron chi connectivity index (χ3n) is 4.52. The zero-order valence-corrected chi connectivity index (χ0v) is 16.5. The average molecular weight is 388 g/mol. The van der Waals surface area contributed by atoms with Gasteiger partial charge in [-0.05, 0) is 39.0 Å². The lowest BCUT2D eigenvalue weighted by atomic mass is 9.94. The highest BCUT2D eigenvalue weighted by molar-refractivity contribution is 5.99. The zero-order valence-electron chi connectivity index (χ0n) is 14.9. The smallest absolute Gasteiger partial charge is 0.287 e. The van der Waals surface area contributed by atoms with E-state index in [0.717, 1.165) is 36.0 Å². The fraction of sp³-hybridized carbons (Fsp3) is 0.500. The first-order valence-electron chi connectivity index (χ1n) is 8.23. The Bertz CT molecular complexity index is 703. The first-order chi connectivity index (χ1) is 11.1. The topological polar surface area (TPSA) is 57.5 Å². The number of carbonyl (C=O) groups excluding carboxylic acids is 1. The van der Waals surface area contributed by atoms with E-state index >= 15 is 0 Å². The van der Waals surface area contributed by atoms with Crippen molar-refractivity contribution >= 4 is 41.7 Å². The third-order valence-corrected chi connectivity index (χ3v) is 4.52. The predicted molar refractivity (Wildman–Crippen MR) is 106 cm³/mol. The Morgan fingerprint density at radius 1 is 1.32 bits per heavy atom. The second-order valence-electron chi connectivity index (χ2n) is 6.69. The van der Waals surface area contributed by atoms with E-state index in [4.69, 9.17) is 4.42 Å². The van der Waals surface area contributed by atoms with Crippen LogP contribution in [0.2, 0.25) is 0 Å². The van der Waals surface area contributed by atoms with Gasteiger partial charge in [0.25, 0.3) is 5.91 Å². The van der Waals surface area contributed by atoms with Gasteiger partial charge in [-0.25, -0.2) is 0 Å². The summed E-state index contributed by atoms with van der Waals surface area (Å²) in [7, 11) is 3.99. The molecule has 1 aliphatic heterocycles. The number of hydrogen-bond donors (Lipinski definition) is 2. The molecule has 5 nitrogen and oxygen atoms in total. The summed E-state index contributed by atoms with van der Waals surface area (Å²) < 4.78 is 5.88. The molecular weight excluding hydrogens is 361 g/mol. The number of carbonyl (C=O) groups is 1. The Balaban J connectivity index is 0.00000156. The summed E-state index contributed by atoms with van der Waals surface area (Å²) in [5.74, 6) is 0.804. The molecule has 1 saturated heterocycles. The second-order valence-corrected chi connectivity index (χ2v) is 6.69. The van der Waals surface area contributed by atoms with Gasteiger partial charge in [0, 0.05) is 30.1 Å². The number of para-hydroxylation sites is 1. The van der Waals surface area contributed by atoms with Gasteiger partial charge in [0.05, 0.1) is 0 Å². The molecular formula is C18H27Cl2N3O2. The standard InChI is InChI=1S/C18H25N3O2.2ClH/c1-12-8-9-19-10-15(12)20-18(22)17-14(11-21(2)3)13-6-4-5-7-16(13)23-17;;/h4-7,12,15,19H,8-11H2,1-3H3,(H,20,22);2*1H. The summed E-state index contributed by atoms with van der Waals surface area (Å²) in [6, 6.07) is 7.98. The zero-order chi connectivity index (χ0) is 16.4.